The van der Waals surface area contributed by atoms with E-state index in [1.54, 1.807) is 36.6 Å². The summed E-state index contributed by atoms with van der Waals surface area (Å²) in [5.74, 6) is 0.494. The first-order chi connectivity index (χ1) is 11.4. The Morgan fingerprint density at radius 2 is 1.75 bits per heavy atom. The summed E-state index contributed by atoms with van der Waals surface area (Å²) in [6, 6.07) is 7.03. The summed E-state index contributed by atoms with van der Waals surface area (Å²) >= 11 is 1.55. The van der Waals surface area contributed by atoms with Crippen LogP contribution in [0.5, 0.6) is 11.5 Å². The molecule has 0 unspecified atom stereocenters. The standard InChI is InChI=1S/C18H20O5S/c1-11-7-14(12(2)24-11)15(19)10-23-18(20)9-13-5-6-16(21-3)17(8-13)22-4/h5-8H,9-10H2,1-4H3. The molecule has 0 amide bonds. The van der Waals surface area contributed by atoms with Gasteiger partial charge in [0.2, 0.25) is 5.78 Å². The van der Waals surface area contributed by atoms with E-state index in [-0.39, 0.29) is 18.8 Å². The van der Waals surface area contributed by atoms with Crippen LogP contribution in [0.4, 0.5) is 0 Å². The quantitative estimate of drug-likeness (QED) is 0.567. The number of thiophene rings is 1. The third-order valence-corrected chi connectivity index (χ3v) is 4.47. The van der Waals surface area contributed by atoms with Crippen LogP contribution in [0.15, 0.2) is 24.3 Å². The number of hydrogen-bond donors (Lipinski definition) is 0. The largest absolute Gasteiger partial charge is 0.493 e. The molecule has 5 nitrogen and oxygen atoms in total. The molecule has 128 valence electrons. The maximum atomic E-state index is 12.1. The van der Waals surface area contributed by atoms with Crippen LogP contribution < -0.4 is 9.47 Å². The number of ether oxygens (including phenoxy) is 3. The van der Waals surface area contributed by atoms with Gasteiger partial charge in [-0.1, -0.05) is 6.07 Å². The molecule has 0 aliphatic carbocycles. The van der Waals surface area contributed by atoms with Gasteiger partial charge in [-0.05, 0) is 37.6 Å². The Bertz CT molecular complexity index is 748. The smallest absolute Gasteiger partial charge is 0.310 e. The van der Waals surface area contributed by atoms with E-state index >= 15 is 0 Å². The maximum Gasteiger partial charge on any atom is 0.310 e. The average Bonchev–Trinajstić information content (AvgIpc) is 2.91. The van der Waals surface area contributed by atoms with Crippen LogP contribution in [-0.2, 0) is 16.0 Å². The van der Waals surface area contributed by atoms with Gasteiger partial charge in [0.15, 0.2) is 18.1 Å². The second kappa shape index (κ2) is 7.97. The van der Waals surface area contributed by atoms with Gasteiger partial charge in [0.05, 0.1) is 20.6 Å². The van der Waals surface area contributed by atoms with Gasteiger partial charge in [0, 0.05) is 15.3 Å². The molecule has 2 rings (SSSR count). The molecular weight excluding hydrogens is 328 g/mol. The highest BCUT2D eigenvalue weighted by atomic mass is 32.1. The van der Waals surface area contributed by atoms with Crippen LogP contribution in [0.3, 0.4) is 0 Å². The van der Waals surface area contributed by atoms with E-state index in [0.29, 0.717) is 17.1 Å². The zero-order valence-corrected chi connectivity index (χ0v) is 15.0. The Labute approximate surface area is 145 Å². The molecule has 0 aliphatic rings. The van der Waals surface area contributed by atoms with Crippen LogP contribution in [0, 0.1) is 13.8 Å². The van der Waals surface area contributed by atoms with Gasteiger partial charge in [-0.15, -0.1) is 11.3 Å². The first-order valence-electron chi connectivity index (χ1n) is 7.41. The minimum Gasteiger partial charge on any atom is -0.493 e. The Kier molecular flexibility index (Phi) is 5.98. The molecule has 0 atom stereocenters. The molecule has 0 bridgehead atoms. The van der Waals surface area contributed by atoms with E-state index in [1.807, 2.05) is 19.9 Å². The lowest BCUT2D eigenvalue weighted by atomic mass is 10.1. The fourth-order valence-corrected chi connectivity index (χ4v) is 3.28. The number of carbonyl (C=O) groups excluding carboxylic acids is 2. The number of hydrogen-bond acceptors (Lipinski definition) is 6. The zero-order valence-electron chi connectivity index (χ0n) is 14.2. The molecule has 1 aromatic heterocycles. The van der Waals surface area contributed by atoms with Crippen LogP contribution in [0.1, 0.15) is 25.7 Å². The SMILES string of the molecule is COc1ccc(CC(=O)OCC(=O)c2cc(C)sc2C)cc1OC. The van der Waals surface area contributed by atoms with Crippen LogP contribution in [0.2, 0.25) is 0 Å². The number of rotatable bonds is 7. The number of ketones is 1. The predicted molar refractivity (Wildman–Crippen MR) is 92.3 cm³/mol. The molecule has 0 saturated heterocycles. The number of aryl methyl sites for hydroxylation is 2. The van der Waals surface area contributed by atoms with E-state index in [1.165, 1.54) is 7.11 Å². The topological polar surface area (TPSA) is 61.8 Å². The third kappa shape index (κ3) is 4.35. The maximum absolute atomic E-state index is 12.1. The highest BCUT2D eigenvalue weighted by Crippen LogP contribution is 2.27. The zero-order chi connectivity index (χ0) is 17.7. The summed E-state index contributed by atoms with van der Waals surface area (Å²) in [5.41, 5.74) is 1.35. The normalized spacial score (nSPS) is 10.3. The molecule has 0 spiro atoms. The first-order valence-corrected chi connectivity index (χ1v) is 8.23. The summed E-state index contributed by atoms with van der Waals surface area (Å²) in [6.07, 6.45) is 0.0648. The minimum atomic E-state index is -0.458. The van der Waals surface area contributed by atoms with E-state index in [9.17, 15) is 9.59 Å². The summed E-state index contributed by atoms with van der Waals surface area (Å²) in [4.78, 5) is 26.1. The summed E-state index contributed by atoms with van der Waals surface area (Å²) in [5, 5.41) is 0. The molecular formula is C18H20O5S. The highest BCUT2D eigenvalue weighted by Gasteiger charge is 2.15. The molecule has 24 heavy (non-hydrogen) atoms. The molecule has 2 aromatic rings. The first kappa shape index (κ1) is 18.0. The van der Waals surface area contributed by atoms with E-state index < -0.39 is 5.97 Å². The molecule has 1 aromatic carbocycles. The molecule has 6 heteroatoms. The van der Waals surface area contributed by atoms with Gasteiger partial charge < -0.3 is 14.2 Å². The van der Waals surface area contributed by atoms with Crippen molar-refractivity contribution >= 4 is 23.1 Å². The lowest BCUT2D eigenvalue weighted by molar-refractivity contribution is -0.141. The Hall–Kier alpha value is -2.34. The minimum absolute atomic E-state index is 0.0648. The van der Waals surface area contributed by atoms with Crippen LogP contribution in [0.25, 0.3) is 0 Å². The van der Waals surface area contributed by atoms with Gasteiger partial charge in [-0.3, -0.25) is 9.59 Å². The van der Waals surface area contributed by atoms with Gasteiger partial charge >= 0.3 is 5.97 Å². The van der Waals surface area contributed by atoms with Crippen molar-refractivity contribution < 1.29 is 23.8 Å². The van der Waals surface area contributed by atoms with E-state index in [4.69, 9.17) is 14.2 Å². The van der Waals surface area contributed by atoms with Crippen LogP contribution >= 0.6 is 11.3 Å². The number of Topliss-reactive ketones (excluding diaryl/α,β-unsaturated/α-hetero) is 1. The van der Waals surface area contributed by atoms with Crippen molar-refractivity contribution in [3.05, 3.63) is 45.1 Å². The number of esters is 1. The molecule has 0 aliphatic heterocycles. The highest BCUT2D eigenvalue weighted by molar-refractivity contribution is 7.12. The second-order valence-corrected chi connectivity index (χ2v) is 6.74. The van der Waals surface area contributed by atoms with Crippen molar-refractivity contribution in [3.63, 3.8) is 0 Å². The van der Waals surface area contributed by atoms with Crippen molar-refractivity contribution in [2.45, 2.75) is 20.3 Å². The van der Waals surface area contributed by atoms with Crippen molar-refractivity contribution in [3.8, 4) is 11.5 Å². The summed E-state index contributed by atoms with van der Waals surface area (Å²) < 4.78 is 15.5. The molecule has 0 radical (unpaired) electrons. The monoisotopic (exact) mass is 348 g/mol. The van der Waals surface area contributed by atoms with Gasteiger partial charge in [0.1, 0.15) is 0 Å². The Morgan fingerprint density at radius 3 is 2.33 bits per heavy atom. The summed E-state index contributed by atoms with van der Waals surface area (Å²) in [6.45, 7) is 3.58. The fourth-order valence-electron chi connectivity index (χ4n) is 2.34. The van der Waals surface area contributed by atoms with Crippen molar-refractivity contribution in [1.82, 2.24) is 0 Å². The third-order valence-electron chi connectivity index (χ3n) is 3.50. The predicted octanol–water partition coefficient (Wildman–Crippen LogP) is 3.35. The molecule has 0 N–H and O–H groups in total. The van der Waals surface area contributed by atoms with Gasteiger partial charge in [0.25, 0.3) is 0 Å². The van der Waals surface area contributed by atoms with Gasteiger partial charge in [-0.2, -0.15) is 0 Å². The van der Waals surface area contributed by atoms with E-state index in [0.717, 1.165) is 15.3 Å². The lowest BCUT2D eigenvalue weighted by Gasteiger charge is -2.09. The molecule has 0 saturated carbocycles. The fraction of sp³-hybridized carbons (Fsp3) is 0.333. The van der Waals surface area contributed by atoms with Crippen molar-refractivity contribution in [2.24, 2.45) is 0 Å². The Balaban J connectivity index is 1.94. The number of methoxy groups -OCH3 is 2. The molecule has 0 fully saturated rings. The Morgan fingerprint density at radius 1 is 1.04 bits per heavy atom. The van der Waals surface area contributed by atoms with Crippen molar-refractivity contribution in [1.29, 1.82) is 0 Å². The average molecular weight is 348 g/mol. The van der Waals surface area contributed by atoms with E-state index in [2.05, 4.69) is 0 Å². The lowest BCUT2D eigenvalue weighted by Crippen LogP contribution is -2.15. The number of carbonyl (C=O) groups is 2. The summed E-state index contributed by atoms with van der Waals surface area (Å²) in [7, 11) is 3.08. The van der Waals surface area contributed by atoms with Crippen LogP contribution in [-0.4, -0.2) is 32.6 Å². The van der Waals surface area contributed by atoms with Crippen molar-refractivity contribution in [2.75, 3.05) is 20.8 Å². The van der Waals surface area contributed by atoms with Gasteiger partial charge in [-0.25, -0.2) is 0 Å². The number of benzene rings is 1. The molecule has 1 heterocycles. The second-order valence-electron chi connectivity index (χ2n) is 5.28.